The van der Waals surface area contributed by atoms with E-state index in [1.54, 1.807) is 11.8 Å². The van der Waals surface area contributed by atoms with Crippen LogP contribution in [0.25, 0.3) is 0 Å². The smallest absolute Gasteiger partial charge is 0.233 e. The highest BCUT2D eigenvalue weighted by molar-refractivity contribution is 8.00. The van der Waals surface area contributed by atoms with Gasteiger partial charge in [-0.05, 0) is 37.0 Å². The summed E-state index contributed by atoms with van der Waals surface area (Å²) < 4.78 is 6.69. The average Bonchev–Trinajstić information content (AvgIpc) is 3.10. The van der Waals surface area contributed by atoms with Gasteiger partial charge in [-0.1, -0.05) is 56.0 Å². The molecule has 0 bridgehead atoms. The second-order valence-electron chi connectivity index (χ2n) is 7.64. The van der Waals surface area contributed by atoms with Gasteiger partial charge in [0.1, 0.15) is 5.75 Å². The maximum Gasteiger partial charge on any atom is 0.233 e. The topological polar surface area (TPSA) is 95.1 Å². The van der Waals surface area contributed by atoms with Gasteiger partial charge in [0, 0.05) is 13.0 Å². The fourth-order valence-electron chi connectivity index (χ4n) is 3.66. The summed E-state index contributed by atoms with van der Waals surface area (Å²) in [5.41, 5.74) is 1.02. The standard InChI is InChI=1S/C21H31N5O2S/c1-15(20(27)23-14-17-8-11-18(28-2)12-9-17)29-21-25-24-19(26(21)22)13-10-16-6-4-3-5-7-16/h8-9,11-12,15-16H,3-7,10,13-14,22H2,1-2H3,(H,23,27)/t15-/m1/s1. The van der Waals surface area contributed by atoms with E-state index < -0.39 is 0 Å². The van der Waals surface area contributed by atoms with Crippen LogP contribution in [0, 0.1) is 5.92 Å². The predicted octanol–water partition coefficient (Wildman–Crippen LogP) is 3.31. The van der Waals surface area contributed by atoms with Gasteiger partial charge in [0.2, 0.25) is 11.1 Å². The van der Waals surface area contributed by atoms with Gasteiger partial charge in [-0.15, -0.1) is 10.2 Å². The molecule has 29 heavy (non-hydrogen) atoms. The predicted molar refractivity (Wildman–Crippen MR) is 115 cm³/mol. The number of carbonyl (C=O) groups is 1. The molecule has 1 aromatic heterocycles. The van der Waals surface area contributed by atoms with E-state index in [2.05, 4.69) is 15.5 Å². The van der Waals surface area contributed by atoms with Crippen molar-refractivity contribution in [1.82, 2.24) is 20.2 Å². The highest BCUT2D eigenvalue weighted by atomic mass is 32.2. The van der Waals surface area contributed by atoms with E-state index >= 15 is 0 Å². The van der Waals surface area contributed by atoms with Gasteiger partial charge in [0.15, 0.2) is 5.82 Å². The number of methoxy groups -OCH3 is 1. The number of hydrogen-bond donors (Lipinski definition) is 2. The normalized spacial score (nSPS) is 15.8. The number of nitrogens with one attached hydrogen (secondary N) is 1. The quantitative estimate of drug-likeness (QED) is 0.480. The molecule has 1 atom stereocenters. The Kier molecular flexibility index (Phi) is 7.80. The van der Waals surface area contributed by atoms with Gasteiger partial charge in [0.25, 0.3) is 0 Å². The van der Waals surface area contributed by atoms with E-state index in [1.165, 1.54) is 43.9 Å². The fourth-order valence-corrected chi connectivity index (χ4v) is 4.47. The molecule has 3 N–H and O–H groups in total. The van der Waals surface area contributed by atoms with Crippen LogP contribution in [0.2, 0.25) is 0 Å². The average molecular weight is 418 g/mol. The number of hydrogen-bond acceptors (Lipinski definition) is 6. The van der Waals surface area contributed by atoms with Crippen LogP contribution < -0.4 is 15.9 Å². The second kappa shape index (κ2) is 10.5. The highest BCUT2D eigenvalue weighted by Crippen LogP contribution is 2.28. The van der Waals surface area contributed by atoms with Crippen molar-refractivity contribution in [2.75, 3.05) is 13.0 Å². The first-order chi connectivity index (χ1) is 14.1. The Morgan fingerprint density at radius 3 is 2.69 bits per heavy atom. The minimum atomic E-state index is -0.314. The van der Waals surface area contributed by atoms with E-state index in [0.717, 1.165) is 35.9 Å². The molecule has 1 aliphatic carbocycles. The largest absolute Gasteiger partial charge is 0.497 e. The molecule has 1 amide bonds. The van der Waals surface area contributed by atoms with Crippen molar-refractivity contribution in [3.63, 3.8) is 0 Å². The Bertz CT molecular complexity index is 787. The third-order valence-corrected chi connectivity index (χ3v) is 6.57. The Morgan fingerprint density at radius 2 is 2.00 bits per heavy atom. The SMILES string of the molecule is COc1ccc(CNC(=O)[C@@H](C)Sc2nnc(CCC3CCCCC3)n2N)cc1. The highest BCUT2D eigenvalue weighted by Gasteiger charge is 2.20. The lowest BCUT2D eigenvalue weighted by Gasteiger charge is -2.20. The monoisotopic (exact) mass is 417 g/mol. The minimum absolute atomic E-state index is 0.0578. The van der Waals surface area contributed by atoms with Crippen molar-refractivity contribution in [3.8, 4) is 5.75 Å². The molecule has 1 aromatic carbocycles. The van der Waals surface area contributed by atoms with Crippen molar-refractivity contribution in [1.29, 1.82) is 0 Å². The zero-order valence-electron chi connectivity index (χ0n) is 17.3. The summed E-state index contributed by atoms with van der Waals surface area (Å²) in [6.45, 7) is 2.32. The minimum Gasteiger partial charge on any atom is -0.497 e. The summed E-state index contributed by atoms with van der Waals surface area (Å²) in [4.78, 5) is 12.4. The molecular formula is C21H31N5O2S. The van der Waals surface area contributed by atoms with Crippen molar-refractivity contribution in [3.05, 3.63) is 35.7 Å². The number of amides is 1. The molecule has 3 rings (SSSR count). The number of nitrogens with zero attached hydrogens (tertiary/aromatic N) is 3. The Balaban J connectivity index is 1.46. The maximum absolute atomic E-state index is 12.4. The molecule has 0 unspecified atom stereocenters. The number of aromatic nitrogens is 3. The van der Waals surface area contributed by atoms with Gasteiger partial charge in [-0.25, -0.2) is 4.68 Å². The van der Waals surface area contributed by atoms with E-state index in [0.29, 0.717) is 11.7 Å². The summed E-state index contributed by atoms with van der Waals surface area (Å²) in [7, 11) is 1.63. The van der Waals surface area contributed by atoms with Crippen molar-refractivity contribution in [2.24, 2.45) is 5.92 Å². The second-order valence-corrected chi connectivity index (χ2v) is 8.95. The molecule has 0 aliphatic heterocycles. The Hall–Kier alpha value is -2.22. The summed E-state index contributed by atoms with van der Waals surface area (Å²) >= 11 is 1.33. The van der Waals surface area contributed by atoms with E-state index in [9.17, 15) is 4.79 Å². The Morgan fingerprint density at radius 1 is 1.28 bits per heavy atom. The van der Waals surface area contributed by atoms with Gasteiger partial charge >= 0.3 is 0 Å². The molecule has 0 radical (unpaired) electrons. The molecule has 1 saturated carbocycles. The number of ether oxygens (including phenoxy) is 1. The Labute approximate surface area is 176 Å². The molecule has 0 saturated heterocycles. The number of nitrogens with two attached hydrogens (primary N) is 1. The van der Waals surface area contributed by atoms with Crippen molar-refractivity contribution in [2.45, 2.75) is 68.8 Å². The number of rotatable bonds is 9. The number of aryl methyl sites for hydroxylation is 1. The molecule has 7 nitrogen and oxygen atoms in total. The van der Waals surface area contributed by atoms with Crippen LogP contribution in [-0.4, -0.2) is 33.1 Å². The van der Waals surface area contributed by atoms with Crippen LogP contribution in [0.4, 0.5) is 0 Å². The molecule has 158 valence electrons. The van der Waals surface area contributed by atoms with Crippen LogP contribution in [0.5, 0.6) is 5.75 Å². The van der Waals surface area contributed by atoms with E-state index in [-0.39, 0.29) is 11.2 Å². The molecule has 8 heteroatoms. The molecular weight excluding hydrogens is 386 g/mol. The van der Waals surface area contributed by atoms with Crippen LogP contribution in [0.3, 0.4) is 0 Å². The molecule has 1 heterocycles. The summed E-state index contributed by atoms with van der Waals surface area (Å²) in [6.07, 6.45) is 8.61. The molecule has 0 spiro atoms. The molecule has 1 fully saturated rings. The first-order valence-electron chi connectivity index (χ1n) is 10.3. The molecule has 2 aromatic rings. The number of nitrogen functional groups attached to an aromatic ring is 1. The zero-order valence-corrected chi connectivity index (χ0v) is 18.1. The number of benzene rings is 1. The summed E-state index contributed by atoms with van der Waals surface area (Å²) in [5, 5.41) is 11.7. The lowest BCUT2D eigenvalue weighted by atomic mass is 9.86. The van der Waals surface area contributed by atoms with Crippen LogP contribution in [-0.2, 0) is 17.8 Å². The van der Waals surface area contributed by atoms with E-state index in [4.69, 9.17) is 10.6 Å². The third kappa shape index (κ3) is 6.13. The van der Waals surface area contributed by atoms with Crippen LogP contribution in [0.1, 0.15) is 56.8 Å². The molecule has 1 aliphatic rings. The number of thioether (sulfide) groups is 1. The lowest BCUT2D eigenvalue weighted by Crippen LogP contribution is -2.31. The maximum atomic E-state index is 12.4. The van der Waals surface area contributed by atoms with Crippen LogP contribution >= 0.6 is 11.8 Å². The summed E-state index contributed by atoms with van der Waals surface area (Å²) in [5.74, 6) is 8.50. The van der Waals surface area contributed by atoms with Gasteiger partial charge < -0.3 is 15.9 Å². The van der Waals surface area contributed by atoms with Crippen molar-refractivity contribution < 1.29 is 9.53 Å². The lowest BCUT2D eigenvalue weighted by molar-refractivity contribution is -0.120. The third-order valence-electron chi connectivity index (χ3n) is 5.51. The van der Waals surface area contributed by atoms with Gasteiger partial charge in [0.05, 0.1) is 12.4 Å². The first-order valence-corrected chi connectivity index (χ1v) is 11.2. The van der Waals surface area contributed by atoms with Crippen LogP contribution in [0.15, 0.2) is 29.4 Å². The van der Waals surface area contributed by atoms with Gasteiger partial charge in [-0.2, -0.15) is 0 Å². The fraction of sp³-hybridized carbons (Fsp3) is 0.571. The zero-order chi connectivity index (χ0) is 20.6. The summed E-state index contributed by atoms with van der Waals surface area (Å²) in [6, 6.07) is 7.63. The first kappa shape index (κ1) is 21.5. The van der Waals surface area contributed by atoms with E-state index in [1.807, 2.05) is 31.2 Å². The van der Waals surface area contributed by atoms with Gasteiger partial charge in [-0.3, -0.25) is 4.79 Å². The number of carbonyl (C=O) groups excluding carboxylic acids is 1. The van der Waals surface area contributed by atoms with Crippen molar-refractivity contribution >= 4 is 17.7 Å².